The Balaban J connectivity index is 2.25. The number of benzene rings is 1. The first-order valence-corrected chi connectivity index (χ1v) is 7.02. The van der Waals surface area contributed by atoms with Crippen molar-refractivity contribution in [2.75, 3.05) is 12.4 Å². The number of halogens is 1. The molecule has 1 aromatic heterocycles. The maximum Gasteiger partial charge on any atom is 0.339 e. The third-order valence-electron chi connectivity index (χ3n) is 2.89. The smallest absolute Gasteiger partial charge is 0.339 e. The van der Waals surface area contributed by atoms with Crippen LogP contribution in [0.15, 0.2) is 41.0 Å². The van der Waals surface area contributed by atoms with Crippen LogP contribution in [-0.4, -0.2) is 23.0 Å². The minimum atomic E-state index is -0.673. The number of carbonyl (C=O) groups excluding carboxylic acids is 1. The number of hydrogen-bond acceptors (Lipinski definition) is 6. The van der Waals surface area contributed by atoms with E-state index in [1.165, 1.54) is 13.3 Å². The molecule has 0 fully saturated rings. The highest BCUT2D eigenvalue weighted by Crippen LogP contribution is 2.25. The molecule has 2 rings (SSSR count). The van der Waals surface area contributed by atoms with Crippen molar-refractivity contribution in [1.29, 1.82) is 0 Å². The summed E-state index contributed by atoms with van der Waals surface area (Å²) in [4.78, 5) is 25.9. The molecule has 0 amide bonds. The summed E-state index contributed by atoms with van der Waals surface area (Å²) in [6, 6.07) is 8.63. The van der Waals surface area contributed by atoms with E-state index in [4.69, 9.17) is 0 Å². The normalized spacial score (nSPS) is 10.1. The van der Waals surface area contributed by atoms with E-state index in [0.717, 1.165) is 16.1 Å². The molecule has 1 N–H and O–H groups in total. The van der Waals surface area contributed by atoms with Crippen molar-refractivity contribution in [3.05, 3.63) is 62.2 Å². The zero-order valence-electron chi connectivity index (χ0n) is 11.6. The second-order valence-electron chi connectivity index (χ2n) is 4.29. The Kier molecular flexibility index (Phi) is 5.05. The van der Waals surface area contributed by atoms with E-state index in [2.05, 4.69) is 31.0 Å². The van der Waals surface area contributed by atoms with Crippen LogP contribution in [0.4, 0.5) is 11.5 Å². The van der Waals surface area contributed by atoms with Crippen LogP contribution in [0.1, 0.15) is 15.9 Å². The zero-order valence-corrected chi connectivity index (χ0v) is 13.2. The van der Waals surface area contributed by atoms with Crippen LogP contribution >= 0.6 is 15.9 Å². The fourth-order valence-corrected chi connectivity index (χ4v) is 2.20. The van der Waals surface area contributed by atoms with Gasteiger partial charge in [0.25, 0.3) is 0 Å². The van der Waals surface area contributed by atoms with E-state index in [-0.39, 0.29) is 17.1 Å². The molecule has 0 atom stereocenters. The molecule has 8 heteroatoms. The van der Waals surface area contributed by atoms with Crippen LogP contribution in [0.2, 0.25) is 0 Å². The zero-order chi connectivity index (χ0) is 16.1. The number of esters is 1. The molecule has 114 valence electrons. The van der Waals surface area contributed by atoms with E-state index in [1.807, 2.05) is 24.3 Å². The molecule has 0 aliphatic heterocycles. The van der Waals surface area contributed by atoms with Gasteiger partial charge in [0.15, 0.2) is 0 Å². The van der Waals surface area contributed by atoms with E-state index in [0.29, 0.717) is 6.54 Å². The van der Waals surface area contributed by atoms with Crippen LogP contribution in [0, 0.1) is 10.1 Å². The Labute approximate surface area is 134 Å². The lowest BCUT2D eigenvalue weighted by Crippen LogP contribution is -2.08. The molecule has 0 bridgehead atoms. The molecule has 1 heterocycles. The van der Waals surface area contributed by atoms with Crippen molar-refractivity contribution in [2.45, 2.75) is 6.54 Å². The van der Waals surface area contributed by atoms with Crippen LogP contribution in [0.5, 0.6) is 0 Å². The van der Waals surface area contributed by atoms with Crippen LogP contribution in [0.25, 0.3) is 0 Å². The van der Waals surface area contributed by atoms with E-state index in [1.54, 1.807) is 0 Å². The summed E-state index contributed by atoms with van der Waals surface area (Å²) in [7, 11) is 1.20. The molecule has 0 saturated carbocycles. The highest BCUT2D eigenvalue weighted by molar-refractivity contribution is 9.10. The number of nitrogens with zero attached hydrogens (tertiary/aromatic N) is 2. The lowest BCUT2D eigenvalue weighted by molar-refractivity contribution is -0.384. The third kappa shape index (κ3) is 3.59. The summed E-state index contributed by atoms with van der Waals surface area (Å²) in [5, 5.41) is 14.0. The van der Waals surface area contributed by atoms with Gasteiger partial charge in [-0.25, -0.2) is 9.78 Å². The Morgan fingerprint density at radius 2 is 2.18 bits per heavy atom. The van der Waals surface area contributed by atoms with Crippen molar-refractivity contribution >= 4 is 33.4 Å². The molecule has 0 aliphatic rings. The van der Waals surface area contributed by atoms with E-state index in [9.17, 15) is 14.9 Å². The Morgan fingerprint density at radius 1 is 1.45 bits per heavy atom. The Morgan fingerprint density at radius 3 is 2.82 bits per heavy atom. The summed E-state index contributed by atoms with van der Waals surface area (Å²) < 4.78 is 5.41. The summed E-state index contributed by atoms with van der Waals surface area (Å²) in [5.74, 6) is -0.582. The van der Waals surface area contributed by atoms with Crippen LogP contribution in [0.3, 0.4) is 0 Å². The first-order chi connectivity index (χ1) is 10.5. The van der Waals surface area contributed by atoms with Gasteiger partial charge in [-0.05, 0) is 11.6 Å². The number of aromatic nitrogens is 1. The number of nitrogens with one attached hydrogen (secondary N) is 1. The summed E-state index contributed by atoms with van der Waals surface area (Å²) >= 11 is 3.40. The fraction of sp³-hybridized carbons (Fsp3) is 0.143. The van der Waals surface area contributed by atoms with Crippen molar-refractivity contribution in [3.8, 4) is 0 Å². The predicted molar refractivity (Wildman–Crippen MR) is 83.7 cm³/mol. The second-order valence-corrected chi connectivity index (χ2v) is 5.14. The van der Waals surface area contributed by atoms with Gasteiger partial charge in [0, 0.05) is 23.3 Å². The highest BCUT2D eigenvalue weighted by Gasteiger charge is 2.19. The Hall–Kier alpha value is -2.48. The average Bonchev–Trinajstić information content (AvgIpc) is 2.53. The third-order valence-corrected chi connectivity index (χ3v) is 3.66. The largest absolute Gasteiger partial charge is 0.465 e. The van der Waals surface area contributed by atoms with E-state index >= 15 is 0 Å². The average molecular weight is 366 g/mol. The van der Waals surface area contributed by atoms with Crippen molar-refractivity contribution in [1.82, 2.24) is 4.98 Å². The molecule has 0 radical (unpaired) electrons. The number of pyridine rings is 1. The van der Waals surface area contributed by atoms with Gasteiger partial charge in [0.1, 0.15) is 0 Å². The predicted octanol–water partition coefficient (Wildman–Crippen LogP) is 3.15. The van der Waals surface area contributed by atoms with Gasteiger partial charge in [-0.2, -0.15) is 0 Å². The lowest BCUT2D eigenvalue weighted by Gasteiger charge is -2.08. The van der Waals surface area contributed by atoms with Gasteiger partial charge in [-0.15, -0.1) is 0 Å². The number of rotatable bonds is 5. The molecule has 0 saturated heterocycles. The monoisotopic (exact) mass is 365 g/mol. The first kappa shape index (κ1) is 15.9. The van der Waals surface area contributed by atoms with Gasteiger partial charge in [0.05, 0.1) is 17.6 Å². The first-order valence-electron chi connectivity index (χ1n) is 6.23. The topological polar surface area (TPSA) is 94.4 Å². The Bertz CT molecular complexity index is 721. The summed E-state index contributed by atoms with van der Waals surface area (Å²) in [6.45, 7) is 0.354. The van der Waals surface area contributed by atoms with Gasteiger partial charge < -0.3 is 10.1 Å². The molecule has 0 unspecified atom stereocenters. The lowest BCUT2D eigenvalue weighted by atomic mass is 10.2. The van der Waals surface area contributed by atoms with Gasteiger partial charge in [-0.3, -0.25) is 10.1 Å². The molecule has 22 heavy (non-hydrogen) atoms. The number of carbonyl (C=O) groups is 1. The maximum atomic E-state index is 11.4. The highest BCUT2D eigenvalue weighted by atomic mass is 79.9. The molecule has 1 aromatic carbocycles. The SMILES string of the molecule is COC(=O)c1cnc(NCc2ccccc2Br)c([N+](=O)[O-])c1. The van der Waals surface area contributed by atoms with Gasteiger partial charge in [-0.1, -0.05) is 34.1 Å². The van der Waals surface area contributed by atoms with Gasteiger partial charge in [0.2, 0.25) is 5.82 Å². The second kappa shape index (κ2) is 6.99. The van der Waals surface area contributed by atoms with Crippen molar-refractivity contribution in [2.24, 2.45) is 0 Å². The van der Waals surface area contributed by atoms with Crippen LogP contribution < -0.4 is 5.32 Å². The fourth-order valence-electron chi connectivity index (χ4n) is 1.78. The number of ether oxygens (including phenoxy) is 1. The number of hydrogen-bond donors (Lipinski definition) is 1. The van der Waals surface area contributed by atoms with Crippen molar-refractivity contribution in [3.63, 3.8) is 0 Å². The maximum absolute atomic E-state index is 11.4. The summed E-state index contributed by atoms with van der Waals surface area (Å²) in [6.07, 6.45) is 1.24. The summed E-state index contributed by atoms with van der Waals surface area (Å²) in [5.41, 5.74) is 0.672. The molecular formula is C14H12BrN3O4. The van der Waals surface area contributed by atoms with Crippen LogP contribution in [-0.2, 0) is 11.3 Å². The minimum Gasteiger partial charge on any atom is -0.465 e. The number of anilines is 1. The minimum absolute atomic E-state index is 0.0284. The quantitative estimate of drug-likeness (QED) is 0.496. The number of nitro groups is 1. The van der Waals surface area contributed by atoms with E-state index < -0.39 is 10.9 Å². The molecular weight excluding hydrogens is 354 g/mol. The molecule has 0 aliphatic carbocycles. The standard InChI is InChI=1S/C14H12BrN3O4/c1-22-14(19)10-6-12(18(20)21)13(17-8-10)16-7-9-4-2-3-5-11(9)15/h2-6,8H,7H2,1H3,(H,16,17). The molecule has 7 nitrogen and oxygen atoms in total. The molecule has 2 aromatic rings. The van der Waals surface area contributed by atoms with Crippen molar-refractivity contribution < 1.29 is 14.5 Å². The molecule has 0 spiro atoms. The number of methoxy groups -OCH3 is 1. The van der Waals surface area contributed by atoms with Gasteiger partial charge >= 0.3 is 11.7 Å².